The van der Waals surface area contributed by atoms with Crippen molar-refractivity contribution in [1.82, 2.24) is 0 Å². The molecule has 1 atom stereocenters. The maximum Gasteiger partial charge on any atom is 0.342 e. The lowest BCUT2D eigenvalue weighted by Crippen LogP contribution is -2.30. The third-order valence-electron chi connectivity index (χ3n) is 3.59. The monoisotopic (exact) mass is 343 g/mol. The first kappa shape index (κ1) is 16.6. The van der Waals surface area contributed by atoms with E-state index in [1.54, 1.807) is 30.3 Å². The van der Waals surface area contributed by atoms with Crippen LogP contribution >= 0.6 is 0 Å². The van der Waals surface area contributed by atoms with Gasteiger partial charge in [-0.05, 0) is 31.2 Å². The molecule has 130 valence electrons. The average molecular weight is 343 g/mol. The molecule has 7 nitrogen and oxygen atoms in total. The van der Waals surface area contributed by atoms with Crippen LogP contribution in [0.4, 0.5) is 5.69 Å². The third kappa shape index (κ3) is 3.82. The van der Waals surface area contributed by atoms with E-state index in [0.717, 1.165) is 0 Å². The van der Waals surface area contributed by atoms with Crippen molar-refractivity contribution in [2.75, 3.05) is 18.5 Å². The van der Waals surface area contributed by atoms with Crippen molar-refractivity contribution >= 4 is 17.6 Å². The molecule has 1 unspecified atom stereocenters. The number of benzene rings is 2. The van der Waals surface area contributed by atoms with Gasteiger partial charge in [0.25, 0.3) is 5.91 Å². The molecule has 0 bridgehead atoms. The SMILES string of the molecule is CC(OC(=O)c1ccccc1O)C(=O)Nc1ccc2c(c1)OCCO2. The van der Waals surface area contributed by atoms with E-state index < -0.39 is 18.0 Å². The molecule has 3 rings (SSSR count). The number of hydrogen-bond acceptors (Lipinski definition) is 6. The van der Waals surface area contributed by atoms with Crippen LogP contribution in [0, 0.1) is 0 Å². The number of esters is 1. The van der Waals surface area contributed by atoms with E-state index in [1.807, 2.05) is 0 Å². The van der Waals surface area contributed by atoms with E-state index in [2.05, 4.69) is 5.32 Å². The van der Waals surface area contributed by atoms with E-state index >= 15 is 0 Å². The van der Waals surface area contributed by atoms with Crippen LogP contribution in [-0.2, 0) is 9.53 Å². The molecule has 0 radical (unpaired) electrons. The summed E-state index contributed by atoms with van der Waals surface area (Å²) in [4.78, 5) is 24.2. The molecule has 0 aromatic heterocycles. The quantitative estimate of drug-likeness (QED) is 0.828. The predicted octanol–water partition coefficient (Wildman–Crippen LogP) is 2.35. The Morgan fingerprint density at radius 3 is 2.60 bits per heavy atom. The van der Waals surface area contributed by atoms with Gasteiger partial charge >= 0.3 is 5.97 Å². The summed E-state index contributed by atoms with van der Waals surface area (Å²) < 4.78 is 16.0. The van der Waals surface area contributed by atoms with Crippen molar-refractivity contribution in [3.63, 3.8) is 0 Å². The number of rotatable bonds is 4. The van der Waals surface area contributed by atoms with Crippen molar-refractivity contribution in [2.24, 2.45) is 0 Å². The summed E-state index contributed by atoms with van der Waals surface area (Å²) in [7, 11) is 0. The number of carbonyl (C=O) groups excluding carboxylic acids is 2. The molecule has 1 aliphatic heterocycles. The molecule has 0 aliphatic carbocycles. The summed E-state index contributed by atoms with van der Waals surface area (Å²) >= 11 is 0. The van der Waals surface area contributed by atoms with E-state index in [-0.39, 0.29) is 11.3 Å². The number of fused-ring (bicyclic) bond motifs is 1. The smallest absolute Gasteiger partial charge is 0.342 e. The second-order valence-corrected chi connectivity index (χ2v) is 5.41. The van der Waals surface area contributed by atoms with E-state index in [1.165, 1.54) is 19.1 Å². The summed E-state index contributed by atoms with van der Waals surface area (Å²) in [6, 6.07) is 11.0. The Bertz CT molecular complexity index is 804. The molecule has 2 aromatic rings. The molecule has 0 spiro atoms. The normalized spacial score (nSPS) is 13.6. The van der Waals surface area contributed by atoms with Crippen molar-refractivity contribution in [3.05, 3.63) is 48.0 Å². The fourth-order valence-electron chi connectivity index (χ4n) is 2.29. The topological polar surface area (TPSA) is 94.1 Å². The number of phenols is 1. The summed E-state index contributed by atoms with van der Waals surface area (Å²) in [5, 5.41) is 12.3. The molecule has 1 amide bonds. The van der Waals surface area contributed by atoms with Gasteiger partial charge in [0.1, 0.15) is 24.5 Å². The number of ether oxygens (including phenoxy) is 3. The molecule has 7 heteroatoms. The fourth-order valence-corrected chi connectivity index (χ4v) is 2.29. The predicted molar refractivity (Wildman–Crippen MR) is 89.0 cm³/mol. The maximum absolute atomic E-state index is 12.2. The summed E-state index contributed by atoms with van der Waals surface area (Å²) in [5.41, 5.74) is 0.501. The number of aromatic hydroxyl groups is 1. The van der Waals surface area contributed by atoms with Gasteiger partial charge in [-0.1, -0.05) is 12.1 Å². The average Bonchev–Trinajstić information content (AvgIpc) is 2.61. The van der Waals surface area contributed by atoms with Gasteiger partial charge in [0.05, 0.1) is 0 Å². The van der Waals surface area contributed by atoms with Gasteiger partial charge in [0.2, 0.25) is 0 Å². The fraction of sp³-hybridized carbons (Fsp3) is 0.222. The number of hydrogen-bond donors (Lipinski definition) is 2. The Kier molecular flexibility index (Phi) is 4.74. The Labute approximate surface area is 144 Å². The standard InChI is InChI=1S/C18H17NO6/c1-11(25-18(22)13-4-2-3-5-14(13)20)17(21)19-12-6-7-15-16(10-12)24-9-8-23-15/h2-7,10-11,20H,8-9H2,1H3,(H,19,21). The second kappa shape index (κ2) is 7.12. The maximum atomic E-state index is 12.2. The van der Waals surface area contributed by atoms with Gasteiger partial charge in [0.15, 0.2) is 17.6 Å². The van der Waals surface area contributed by atoms with Gasteiger partial charge in [-0.25, -0.2) is 4.79 Å². The zero-order valence-corrected chi connectivity index (χ0v) is 13.5. The Morgan fingerprint density at radius 1 is 1.12 bits per heavy atom. The molecule has 0 saturated heterocycles. The molecule has 1 aliphatic rings. The van der Waals surface area contributed by atoms with E-state index in [4.69, 9.17) is 14.2 Å². The van der Waals surface area contributed by atoms with Crippen LogP contribution in [0.5, 0.6) is 17.2 Å². The lowest BCUT2D eigenvalue weighted by Gasteiger charge is -2.19. The third-order valence-corrected chi connectivity index (χ3v) is 3.59. The molecule has 2 aromatic carbocycles. The Morgan fingerprint density at radius 2 is 1.84 bits per heavy atom. The molecular weight excluding hydrogens is 326 g/mol. The highest BCUT2D eigenvalue weighted by Crippen LogP contribution is 2.32. The lowest BCUT2D eigenvalue weighted by atomic mass is 10.2. The summed E-state index contributed by atoms with van der Waals surface area (Å²) in [6.45, 7) is 2.38. The van der Waals surface area contributed by atoms with Crippen molar-refractivity contribution in [2.45, 2.75) is 13.0 Å². The number of carbonyl (C=O) groups is 2. The molecule has 0 fully saturated rings. The first-order chi connectivity index (χ1) is 12.0. The zero-order chi connectivity index (χ0) is 17.8. The van der Waals surface area contributed by atoms with Crippen LogP contribution in [-0.4, -0.2) is 36.3 Å². The van der Waals surface area contributed by atoms with Gasteiger partial charge in [-0.3, -0.25) is 4.79 Å². The molecular formula is C18H17NO6. The number of para-hydroxylation sites is 1. The second-order valence-electron chi connectivity index (χ2n) is 5.41. The van der Waals surface area contributed by atoms with Crippen LogP contribution in [0.1, 0.15) is 17.3 Å². The van der Waals surface area contributed by atoms with Crippen LogP contribution in [0.25, 0.3) is 0 Å². The highest BCUT2D eigenvalue weighted by atomic mass is 16.6. The van der Waals surface area contributed by atoms with Crippen LogP contribution < -0.4 is 14.8 Å². The van der Waals surface area contributed by atoms with Gasteiger partial charge in [0, 0.05) is 11.8 Å². The van der Waals surface area contributed by atoms with Gasteiger partial charge < -0.3 is 24.6 Å². The number of phenolic OH excluding ortho intramolecular Hbond substituents is 1. The number of amides is 1. The first-order valence-corrected chi connectivity index (χ1v) is 7.74. The van der Waals surface area contributed by atoms with Crippen molar-refractivity contribution in [1.29, 1.82) is 0 Å². The van der Waals surface area contributed by atoms with Crippen LogP contribution in [0.3, 0.4) is 0 Å². The lowest BCUT2D eigenvalue weighted by molar-refractivity contribution is -0.123. The molecule has 0 saturated carbocycles. The number of nitrogens with one attached hydrogen (secondary N) is 1. The summed E-state index contributed by atoms with van der Waals surface area (Å²) in [5.74, 6) is -0.318. The Hall–Kier alpha value is -3.22. The van der Waals surface area contributed by atoms with E-state index in [9.17, 15) is 14.7 Å². The molecule has 25 heavy (non-hydrogen) atoms. The first-order valence-electron chi connectivity index (χ1n) is 7.74. The molecule has 2 N–H and O–H groups in total. The minimum Gasteiger partial charge on any atom is -0.507 e. The largest absolute Gasteiger partial charge is 0.507 e. The zero-order valence-electron chi connectivity index (χ0n) is 13.5. The van der Waals surface area contributed by atoms with Crippen LogP contribution in [0.15, 0.2) is 42.5 Å². The van der Waals surface area contributed by atoms with Crippen molar-refractivity contribution < 1.29 is 28.9 Å². The van der Waals surface area contributed by atoms with Gasteiger partial charge in [-0.15, -0.1) is 0 Å². The summed E-state index contributed by atoms with van der Waals surface area (Å²) in [6.07, 6.45) is -1.04. The highest BCUT2D eigenvalue weighted by Gasteiger charge is 2.21. The Balaban J connectivity index is 1.63. The minimum absolute atomic E-state index is 0.00137. The van der Waals surface area contributed by atoms with Crippen molar-refractivity contribution in [3.8, 4) is 17.2 Å². The number of anilines is 1. The van der Waals surface area contributed by atoms with E-state index in [0.29, 0.717) is 30.4 Å². The molecule has 1 heterocycles. The van der Waals surface area contributed by atoms with Gasteiger partial charge in [-0.2, -0.15) is 0 Å². The van der Waals surface area contributed by atoms with Crippen LogP contribution in [0.2, 0.25) is 0 Å². The highest BCUT2D eigenvalue weighted by molar-refractivity contribution is 5.98. The minimum atomic E-state index is -1.04.